The van der Waals surface area contributed by atoms with Gasteiger partial charge in [0.15, 0.2) is 14.2 Å². The Bertz CT molecular complexity index is 1280. The minimum atomic E-state index is -3.29. The van der Waals surface area contributed by atoms with E-state index in [2.05, 4.69) is 15.5 Å². The molecule has 1 aliphatic heterocycles. The molecule has 0 bridgehead atoms. The second kappa shape index (κ2) is 10.0. The molecule has 3 aromatic rings. The van der Waals surface area contributed by atoms with E-state index in [0.29, 0.717) is 25.9 Å². The van der Waals surface area contributed by atoms with Gasteiger partial charge in [0.25, 0.3) is 0 Å². The molecule has 1 unspecified atom stereocenters. The van der Waals surface area contributed by atoms with Crippen molar-refractivity contribution in [2.24, 2.45) is 0 Å². The van der Waals surface area contributed by atoms with Crippen molar-refractivity contribution in [3.05, 3.63) is 59.1 Å². The molecule has 0 saturated carbocycles. The summed E-state index contributed by atoms with van der Waals surface area (Å²) in [6, 6.07) is 13.3. The Morgan fingerprint density at radius 3 is 2.55 bits per heavy atom. The molecule has 4 rings (SSSR count). The van der Waals surface area contributed by atoms with Crippen LogP contribution in [0.3, 0.4) is 0 Å². The summed E-state index contributed by atoms with van der Waals surface area (Å²) in [7, 11) is -3.29. The van der Waals surface area contributed by atoms with E-state index in [1.54, 1.807) is 17.0 Å². The highest BCUT2D eigenvalue weighted by atomic mass is 35.5. The zero-order chi connectivity index (χ0) is 23.6. The summed E-state index contributed by atoms with van der Waals surface area (Å²) in [6.45, 7) is 0. The maximum absolute atomic E-state index is 12.5. The maximum atomic E-state index is 12.5. The van der Waals surface area contributed by atoms with Crippen molar-refractivity contribution in [2.75, 3.05) is 28.0 Å². The number of sulfone groups is 1. The van der Waals surface area contributed by atoms with E-state index in [9.17, 15) is 18.0 Å². The van der Waals surface area contributed by atoms with E-state index in [0.717, 1.165) is 11.8 Å². The number of nitrogens with one attached hydrogen (secondary N) is 1. The first-order chi connectivity index (χ1) is 15.7. The summed E-state index contributed by atoms with van der Waals surface area (Å²) in [5, 5.41) is 11.9. The molecule has 1 aliphatic rings. The number of halogens is 1. The number of anilines is 2. The molecule has 33 heavy (non-hydrogen) atoms. The van der Waals surface area contributed by atoms with Gasteiger partial charge in [-0.05, 0) is 42.0 Å². The average molecular weight is 541 g/mol. The van der Waals surface area contributed by atoms with E-state index in [-0.39, 0.29) is 27.8 Å². The Morgan fingerprint density at radius 2 is 1.88 bits per heavy atom. The highest BCUT2D eigenvalue weighted by molar-refractivity contribution is 8.01. The van der Waals surface area contributed by atoms with Crippen molar-refractivity contribution < 1.29 is 18.0 Å². The molecule has 2 aromatic carbocycles. The van der Waals surface area contributed by atoms with Crippen molar-refractivity contribution in [1.82, 2.24) is 10.2 Å². The fourth-order valence-electron chi connectivity index (χ4n) is 2.97. The second-order valence-electron chi connectivity index (χ2n) is 6.96. The highest BCUT2D eigenvalue weighted by Crippen LogP contribution is 2.43. The van der Waals surface area contributed by atoms with Crippen LogP contribution in [-0.2, 0) is 19.4 Å². The van der Waals surface area contributed by atoms with Gasteiger partial charge in [-0.1, -0.05) is 46.8 Å². The molecule has 172 valence electrons. The van der Waals surface area contributed by atoms with Gasteiger partial charge in [-0.2, -0.15) is 0 Å². The van der Waals surface area contributed by atoms with Crippen LogP contribution >= 0.6 is 46.5 Å². The second-order valence-corrected chi connectivity index (χ2v) is 12.7. The molecule has 0 radical (unpaired) electrons. The smallest absolute Gasteiger partial charge is 0.240 e. The van der Waals surface area contributed by atoms with E-state index in [4.69, 9.17) is 11.6 Å². The quantitative estimate of drug-likeness (QED) is 0.352. The van der Waals surface area contributed by atoms with Crippen LogP contribution < -0.4 is 10.2 Å². The molecule has 13 heteroatoms. The number of amides is 2. The standard InChI is InChI=1S/C20H17ClN4O4S4/c1-33(28,29)15-8-6-14(7-9-15)22-16(26)10-31-20-24-23-19(32-20)25-17(27)11-30-18(25)12-2-4-13(21)5-3-12/h2-9,18H,10-11H2,1H3,(H,22,26). The number of hydrogen-bond acceptors (Lipinski definition) is 9. The van der Waals surface area contributed by atoms with Gasteiger partial charge < -0.3 is 5.32 Å². The van der Waals surface area contributed by atoms with Gasteiger partial charge >= 0.3 is 0 Å². The van der Waals surface area contributed by atoms with E-state index >= 15 is 0 Å². The van der Waals surface area contributed by atoms with Gasteiger partial charge in [-0.15, -0.1) is 22.0 Å². The molecule has 0 aliphatic carbocycles. The largest absolute Gasteiger partial charge is 0.325 e. The van der Waals surface area contributed by atoms with Crippen LogP contribution in [-0.4, -0.2) is 48.2 Å². The van der Waals surface area contributed by atoms with Crippen LogP contribution in [0.1, 0.15) is 10.9 Å². The first kappa shape index (κ1) is 24.0. The maximum Gasteiger partial charge on any atom is 0.240 e. The molecular weight excluding hydrogens is 524 g/mol. The third-order valence-electron chi connectivity index (χ3n) is 4.52. The summed E-state index contributed by atoms with van der Waals surface area (Å²) in [5.41, 5.74) is 1.44. The van der Waals surface area contributed by atoms with Crippen molar-refractivity contribution in [3.63, 3.8) is 0 Å². The predicted octanol–water partition coefficient (Wildman–Crippen LogP) is 4.10. The minimum Gasteiger partial charge on any atom is -0.325 e. The SMILES string of the molecule is CS(=O)(=O)c1ccc(NC(=O)CSc2nnc(N3C(=O)CSC3c3ccc(Cl)cc3)s2)cc1. The predicted molar refractivity (Wildman–Crippen MR) is 133 cm³/mol. The number of benzene rings is 2. The monoisotopic (exact) mass is 540 g/mol. The average Bonchev–Trinajstić information content (AvgIpc) is 3.39. The Morgan fingerprint density at radius 1 is 1.18 bits per heavy atom. The number of rotatable bonds is 7. The van der Waals surface area contributed by atoms with Gasteiger partial charge in [0.2, 0.25) is 16.9 Å². The normalized spacial score (nSPS) is 16.2. The lowest BCUT2D eigenvalue weighted by Crippen LogP contribution is -2.27. The minimum absolute atomic E-state index is 0.0528. The first-order valence-corrected chi connectivity index (χ1v) is 14.6. The van der Waals surface area contributed by atoms with Crippen molar-refractivity contribution in [2.45, 2.75) is 14.6 Å². The lowest BCUT2D eigenvalue weighted by Gasteiger charge is -2.20. The van der Waals surface area contributed by atoms with Gasteiger partial charge in [-0.25, -0.2) is 8.42 Å². The van der Waals surface area contributed by atoms with Crippen molar-refractivity contribution in [1.29, 1.82) is 0 Å². The summed E-state index contributed by atoms with van der Waals surface area (Å²) in [4.78, 5) is 26.6. The van der Waals surface area contributed by atoms with Crippen LogP contribution in [0, 0.1) is 0 Å². The summed E-state index contributed by atoms with van der Waals surface area (Å²) in [5.74, 6) is 0.111. The third kappa shape index (κ3) is 5.87. The summed E-state index contributed by atoms with van der Waals surface area (Å²) < 4.78 is 23.6. The van der Waals surface area contributed by atoms with Gasteiger partial charge in [0.1, 0.15) is 5.37 Å². The Hall–Kier alpha value is -2.12. The first-order valence-electron chi connectivity index (χ1n) is 9.46. The van der Waals surface area contributed by atoms with Crippen LogP contribution in [0.15, 0.2) is 57.8 Å². The molecule has 2 amide bonds. The van der Waals surface area contributed by atoms with Crippen LogP contribution in [0.4, 0.5) is 10.8 Å². The number of hydrogen-bond donors (Lipinski definition) is 1. The van der Waals surface area contributed by atoms with E-state index < -0.39 is 9.84 Å². The molecule has 2 heterocycles. The summed E-state index contributed by atoms with van der Waals surface area (Å²) >= 11 is 9.94. The van der Waals surface area contributed by atoms with Crippen molar-refractivity contribution in [3.8, 4) is 0 Å². The number of nitrogens with zero attached hydrogens (tertiary/aromatic N) is 3. The Labute approximate surface area is 208 Å². The fraction of sp³-hybridized carbons (Fsp3) is 0.200. The number of aromatic nitrogens is 2. The number of carbonyl (C=O) groups excluding carboxylic acids is 2. The molecule has 1 saturated heterocycles. The molecular formula is C20H17ClN4O4S4. The molecule has 1 atom stereocenters. The molecule has 0 spiro atoms. The fourth-order valence-corrected chi connectivity index (χ4v) is 6.64. The van der Waals surface area contributed by atoms with Crippen LogP contribution in [0.25, 0.3) is 0 Å². The third-order valence-corrected chi connectivity index (χ3v) is 9.17. The van der Waals surface area contributed by atoms with Gasteiger partial charge in [0, 0.05) is 17.0 Å². The van der Waals surface area contributed by atoms with E-state index in [1.807, 2.05) is 12.1 Å². The highest BCUT2D eigenvalue weighted by Gasteiger charge is 2.36. The van der Waals surface area contributed by atoms with Crippen molar-refractivity contribution >= 4 is 78.9 Å². The molecule has 1 N–H and O–H groups in total. The lowest BCUT2D eigenvalue weighted by atomic mass is 10.2. The number of thioether (sulfide) groups is 2. The molecule has 8 nitrogen and oxygen atoms in total. The van der Waals surface area contributed by atoms with Gasteiger partial charge in [0.05, 0.1) is 16.4 Å². The van der Waals surface area contributed by atoms with Gasteiger partial charge in [-0.3, -0.25) is 14.5 Å². The topological polar surface area (TPSA) is 109 Å². The molecule has 1 fully saturated rings. The molecule has 1 aromatic heterocycles. The summed E-state index contributed by atoms with van der Waals surface area (Å²) in [6.07, 6.45) is 1.12. The zero-order valence-corrected chi connectivity index (χ0v) is 21.1. The Balaban J connectivity index is 1.37. The zero-order valence-electron chi connectivity index (χ0n) is 17.1. The van der Waals surface area contributed by atoms with Crippen LogP contribution in [0.2, 0.25) is 5.02 Å². The number of carbonyl (C=O) groups is 2. The van der Waals surface area contributed by atoms with E-state index in [1.165, 1.54) is 59.1 Å². The lowest BCUT2D eigenvalue weighted by molar-refractivity contribution is -0.116. The van der Waals surface area contributed by atoms with Crippen LogP contribution in [0.5, 0.6) is 0 Å². The Kier molecular flexibility index (Phi) is 7.29.